The third kappa shape index (κ3) is 3.98. The molecule has 2 nitrogen and oxygen atoms in total. The first-order chi connectivity index (χ1) is 8.65. The standard InChI is InChI=1S/C15H22ClNO/c1-11(2)18-8-7-17-15-9-13(10-15)12-3-5-14(16)6-4-12/h3-6,11,13,15,17H,7-10H2,1-2H3. The Labute approximate surface area is 115 Å². The number of rotatable bonds is 6. The van der Waals surface area contributed by atoms with E-state index in [2.05, 4.69) is 31.3 Å². The molecule has 0 heterocycles. The summed E-state index contributed by atoms with van der Waals surface area (Å²) in [5.41, 5.74) is 1.41. The molecule has 100 valence electrons. The summed E-state index contributed by atoms with van der Waals surface area (Å²) < 4.78 is 5.51. The Bertz CT molecular complexity index is 357. The number of nitrogens with one attached hydrogen (secondary N) is 1. The van der Waals surface area contributed by atoms with Crippen LogP contribution in [0.25, 0.3) is 0 Å². The van der Waals surface area contributed by atoms with Crippen LogP contribution in [0.4, 0.5) is 0 Å². The SMILES string of the molecule is CC(C)OCCNC1CC(c2ccc(Cl)cc2)C1. The van der Waals surface area contributed by atoms with E-state index >= 15 is 0 Å². The Kier molecular flexibility index (Phi) is 5.04. The van der Waals surface area contributed by atoms with E-state index in [0.717, 1.165) is 18.2 Å². The van der Waals surface area contributed by atoms with Gasteiger partial charge in [0, 0.05) is 17.6 Å². The van der Waals surface area contributed by atoms with Crippen LogP contribution in [0.2, 0.25) is 5.02 Å². The van der Waals surface area contributed by atoms with Crippen molar-refractivity contribution < 1.29 is 4.74 Å². The molecule has 0 atom stereocenters. The van der Waals surface area contributed by atoms with E-state index < -0.39 is 0 Å². The molecule has 1 aliphatic rings. The summed E-state index contributed by atoms with van der Waals surface area (Å²) in [5, 5.41) is 4.35. The molecule has 0 unspecified atom stereocenters. The first-order valence-corrected chi connectivity index (χ1v) is 7.13. The van der Waals surface area contributed by atoms with Gasteiger partial charge in [-0.05, 0) is 50.3 Å². The Hall–Kier alpha value is -0.570. The molecule has 1 saturated carbocycles. The molecular weight excluding hydrogens is 246 g/mol. The molecule has 0 amide bonds. The molecule has 1 aromatic carbocycles. The highest BCUT2D eigenvalue weighted by molar-refractivity contribution is 6.30. The molecule has 0 saturated heterocycles. The molecule has 1 N–H and O–H groups in total. The van der Waals surface area contributed by atoms with Crippen LogP contribution in [0.1, 0.15) is 38.2 Å². The molecule has 0 radical (unpaired) electrons. The summed E-state index contributed by atoms with van der Waals surface area (Å²) in [4.78, 5) is 0. The van der Waals surface area contributed by atoms with Crippen molar-refractivity contribution in [1.82, 2.24) is 5.32 Å². The van der Waals surface area contributed by atoms with Gasteiger partial charge in [0.25, 0.3) is 0 Å². The van der Waals surface area contributed by atoms with Crippen LogP contribution in [0, 0.1) is 0 Å². The molecule has 18 heavy (non-hydrogen) atoms. The lowest BCUT2D eigenvalue weighted by Gasteiger charge is -2.36. The first kappa shape index (κ1) is 13.9. The number of hydrogen-bond acceptors (Lipinski definition) is 2. The van der Waals surface area contributed by atoms with Crippen molar-refractivity contribution in [2.45, 2.75) is 44.8 Å². The van der Waals surface area contributed by atoms with Crippen molar-refractivity contribution in [2.24, 2.45) is 0 Å². The molecule has 3 heteroatoms. The van der Waals surface area contributed by atoms with Crippen molar-refractivity contribution in [1.29, 1.82) is 0 Å². The molecule has 0 aromatic heterocycles. The minimum absolute atomic E-state index is 0.329. The van der Waals surface area contributed by atoms with Crippen molar-refractivity contribution in [3.8, 4) is 0 Å². The largest absolute Gasteiger partial charge is 0.377 e. The molecule has 1 aliphatic carbocycles. The van der Waals surface area contributed by atoms with Gasteiger partial charge in [-0.25, -0.2) is 0 Å². The van der Waals surface area contributed by atoms with Crippen molar-refractivity contribution in [2.75, 3.05) is 13.2 Å². The van der Waals surface area contributed by atoms with Gasteiger partial charge in [-0.3, -0.25) is 0 Å². The summed E-state index contributed by atoms with van der Waals surface area (Å²) >= 11 is 5.89. The summed E-state index contributed by atoms with van der Waals surface area (Å²) in [6.45, 7) is 5.90. The predicted octanol–water partition coefficient (Wildman–Crippen LogP) is 3.60. The van der Waals surface area contributed by atoms with Crippen LogP contribution >= 0.6 is 11.6 Å². The van der Waals surface area contributed by atoms with E-state index in [0.29, 0.717) is 18.1 Å². The van der Waals surface area contributed by atoms with Gasteiger partial charge < -0.3 is 10.1 Å². The van der Waals surface area contributed by atoms with Crippen molar-refractivity contribution in [3.63, 3.8) is 0 Å². The van der Waals surface area contributed by atoms with Crippen LogP contribution in [-0.2, 0) is 4.74 Å². The van der Waals surface area contributed by atoms with E-state index in [1.165, 1.54) is 18.4 Å². The highest BCUT2D eigenvalue weighted by atomic mass is 35.5. The lowest BCUT2D eigenvalue weighted by atomic mass is 9.76. The Morgan fingerprint density at radius 1 is 1.28 bits per heavy atom. The lowest BCUT2D eigenvalue weighted by molar-refractivity contribution is 0.0767. The van der Waals surface area contributed by atoms with Gasteiger partial charge in [0.2, 0.25) is 0 Å². The summed E-state index contributed by atoms with van der Waals surface area (Å²) in [7, 11) is 0. The van der Waals surface area contributed by atoms with Gasteiger partial charge in [0.15, 0.2) is 0 Å². The zero-order valence-electron chi connectivity index (χ0n) is 11.2. The highest BCUT2D eigenvalue weighted by Crippen LogP contribution is 2.37. The Balaban J connectivity index is 1.63. The maximum absolute atomic E-state index is 5.89. The molecule has 2 rings (SSSR count). The third-order valence-electron chi connectivity index (χ3n) is 3.47. The van der Waals surface area contributed by atoms with Crippen molar-refractivity contribution >= 4 is 11.6 Å². The minimum Gasteiger partial charge on any atom is -0.377 e. The fourth-order valence-electron chi connectivity index (χ4n) is 2.35. The van der Waals surface area contributed by atoms with E-state index in [1.54, 1.807) is 0 Å². The minimum atomic E-state index is 0.329. The van der Waals surface area contributed by atoms with Gasteiger partial charge in [-0.2, -0.15) is 0 Å². The normalized spacial score (nSPS) is 23.1. The number of benzene rings is 1. The second-order valence-corrected chi connectivity index (χ2v) is 5.73. The maximum atomic E-state index is 5.89. The van der Waals surface area contributed by atoms with Gasteiger partial charge in [0.05, 0.1) is 12.7 Å². The molecular formula is C15H22ClNO. The number of ether oxygens (including phenoxy) is 1. The van der Waals surface area contributed by atoms with Gasteiger partial charge in [0.1, 0.15) is 0 Å². The second kappa shape index (κ2) is 6.55. The zero-order chi connectivity index (χ0) is 13.0. The Morgan fingerprint density at radius 2 is 1.94 bits per heavy atom. The monoisotopic (exact) mass is 267 g/mol. The van der Waals surface area contributed by atoms with Crippen LogP contribution in [0.15, 0.2) is 24.3 Å². The third-order valence-corrected chi connectivity index (χ3v) is 3.72. The van der Waals surface area contributed by atoms with Gasteiger partial charge in [-0.15, -0.1) is 0 Å². The van der Waals surface area contributed by atoms with Gasteiger partial charge >= 0.3 is 0 Å². The number of halogens is 1. The maximum Gasteiger partial charge on any atom is 0.0594 e. The quantitative estimate of drug-likeness (QED) is 0.795. The average molecular weight is 268 g/mol. The van der Waals surface area contributed by atoms with Crippen LogP contribution in [0.3, 0.4) is 0 Å². The average Bonchev–Trinajstić information content (AvgIpc) is 2.28. The fraction of sp³-hybridized carbons (Fsp3) is 0.600. The number of hydrogen-bond donors (Lipinski definition) is 1. The van der Waals surface area contributed by atoms with Crippen molar-refractivity contribution in [3.05, 3.63) is 34.9 Å². The summed E-state index contributed by atoms with van der Waals surface area (Å²) in [6.07, 6.45) is 2.78. The molecule has 1 fully saturated rings. The first-order valence-electron chi connectivity index (χ1n) is 6.75. The zero-order valence-corrected chi connectivity index (χ0v) is 11.9. The predicted molar refractivity (Wildman–Crippen MR) is 76.3 cm³/mol. The van der Waals surface area contributed by atoms with E-state index in [-0.39, 0.29) is 0 Å². The summed E-state index contributed by atoms with van der Waals surface area (Å²) in [6, 6.07) is 8.90. The lowest BCUT2D eigenvalue weighted by Crippen LogP contribution is -2.41. The van der Waals surface area contributed by atoms with Gasteiger partial charge in [-0.1, -0.05) is 23.7 Å². The van der Waals surface area contributed by atoms with E-state index in [4.69, 9.17) is 16.3 Å². The fourth-order valence-corrected chi connectivity index (χ4v) is 2.48. The molecule has 0 bridgehead atoms. The van der Waals surface area contributed by atoms with E-state index in [1.807, 2.05) is 12.1 Å². The highest BCUT2D eigenvalue weighted by Gasteiger charge is 2.29. The van der Waals surface area contributed by atoms with E-state index in [9.17, 15) is 0 Å². The molecule has 1 aromatic rings. The smallest absolute Gasteiger partial charge is 0.0594 e. The second-order valence-electron chi connectivity index (χ2n) is 5.29. The summed E-state index contributed by atoms with van der Waals surface area (Å²) in [5.74, 6) is 0.700. The molecule has 0 spiro atoms. The van der Waals surface area contributed by atoms with Crippen LogP contribution in [-0.4, -0.2) is 25.3 Å². The molecule has 0 aliphatic heterocycles. The van der Waals surface area contributed by atoms with Crippen LogP contribution in [0.5, 0.6) is 0 Å². The Morgan fingerprint density at radius 3 is 2.56 bits per heavy atom. The topological polar surface area (TPSA) is 21.3 Å². The van der Waals surface area contributed by atoms with Crippen LogP contribution < -0.4 is 5.32 Å².